The highest BCUT2D eigenvalue weighted by atomic mass is 19.4. The van der Waals surface area contributed by atoms with Gasteiger partial charge in [0.2, 0.25) is 0 Å². The van der Waals surface area contributed by atoms with Crippen molar-refractivity contribution in [3.8, 4) is 0 Å². The van der Waals surface area contributed by atoms with Gasteiger partial charge in [-0.2, -0.15) is 18.3 Å². The molecule has 4 aliphatic rings. The second-order valence-corrected chi connectivity index (χ2v) is 13.0. The quantitative estimate of drug-likeness (QED) is 0.340. The summed E-state index contributed by atoms with van der Waals surface area (Å²) >= 11 is 0. The van der Waals surface area contributed by atoms with E-state index in [0.717, 1.165) is 76.0 Å². The molecule has 0 aromatic carbocycles. The molecule has 2 amide bonds. The summed E-state index contributed by atoms with van der Waals surface area (Å²) in [7, 11) is 2.05. The van der Waals surface area contributed by atoms with Gasteiger partial charge in [0.15, 0.2) is 5.82 Å². The maximum absolute atomic E-state index is 13.4. The maximum Gasteiger partial charge on any atom is 0.433 e. The van der Waals surface area contributed by atoms with Gasteiger partial charge in [-0.25, -0.2) is 14.3 Å². The van der Waals surface area contributed by atoms with Crippen molar-refractivity contribution in [2.45, 2.75) is 77.3 Å². The lowest BCUT2D eigenvalue weighted by Crippen LogP contribution is -2.74. The van der Waals surface area contributed by atoms with E-state index in [-0.39, 0.29) is 16.9 Å². The minimum absolute atomic E-state index is 0.114. The molecule has 0 radical (unpaired) electrons. The number of carbonyl (C=O) groups is 1. The number of urea groups is 1. The average molecular weight is 534 g/mol. The van der Waals surface area contributed by atoms with E-state index in [1.165, 1.54) is 26.0 Å². The molecule has 1 atom stereocenters. The molecule has 1 N–H and O–H groups in total. The Morgan fingerprint density at radius 3 is 2.63 bits per heavy atom. The predicted octanol–water partition coefficient (Wildman–Crippen LogP) is 5.79. The zero-order chi connectivity index (χ0) is 27.3. The topological polar surface area (TPSA) is 74.2 Å². The normalized spacial score (nSPS) is 31.1. The van der Waals surface area contributed by atoms with Crippen molar-refractivity contribution in [2.24, 2.45) is 21.7 Å². The summed E-state index contributed by atoms with van der Waals surface area (Å²) in [5.74, 6) is 2.83. The molecule has 2 aliphatic heterocycles. The number of allylic oxidation sites excluding steroid dienone is 3. The summed E-state index contributed by atoms with van der Waals surface area (Å²) in [5, 5.41) is 7.43. The van der Waals surface area contributed by atoms with Crippen LogP contribution in [0.1, 0.15) is 76.4 Å². The number of hydrogen-bond donors (Lipinski definition) is 1. The Bertz CT molecular complexity index is 1140. The largest absolute Gasteiger partial charge is 0.433 e. The fourth-order valence-electron chi connectivity index (χ4n) is 7.13. The fourth-order valence-corrected chi connectivity index (χ4v) is 7.13. The second-order valence-electron chi connectivity index (χ2n) is 13.0. The van der Waals surface area contributed by atoms with Crippen molar-refractivity contribution in [3.05, 3.63) is 35.6 Å². The van der Waals surface area contributed by atoms with E-state index >= 15 is 0 Å². The van der Waals surface area contributed by atoms with Crippen LogP contribution in [0.3, 0.4) is 0 Å². The number of amides is 2. The highest BCUT2D eigenvalue weighted by Crippen LogP contribution is 2.53. The van der Waals surface area contributed by atoms with Crippen LogP contribution in [-0.4, -0.2) is 76.2 Å². The Hall–Kier alpha value is -2.49. The van der Waals surface area contributed by atoms with E-state index in [9.17, 15) is 18.0 Å². The molecule has 0 unspecified atom stereocenters. The first-order valence-corrected chi connectivity index (χ1v) is 13.8. The summed E-state index contributed by atoms with van der Waals surface area (Å²) in [6.07, 6.45) is 5.73. The van der Waals surface area contributed by atoms with Crippen LogP contribution in [0.25, 0.3) is 0 Å². The Balaban J connectivity index is 1.05. The number of likely N-dealkylation sites (tertiary alicyclic amines) is 2. The average Bonchev–Trinajstić information content (AvgIpc) is 3.41. The molecule has 7 nitrogen and oxygen atoms in total. The van der Waals surface area contributed by atoms with E-state index in [4.69, 9.17) is 0 Å². The lowest BCUT2D eigenvalue weighted by atomic mass is 9.74. The molecule has 2 aliphatic carbocycles. The van der Waals surface area contributed by atoms with Crippen molar-refractivity contribution in [1.82, 2.24) is 20.1 Å². The van der Waals surface area contributed by atoms with Crippen LogP contribution in [0.15, 0.2) is 28.9 Å². The molecule has 1 aromatic rings. The summed E-state index contributed by atoms with van der Waals surface area (Å²) in [6.45, 7) is 10.8. The number of aryl methyl sites for hydroxylation is 1. The summed E-state index contributed by atoms with van der Waals surface area (Å²) in [6, 6.07) is 0.217. The number of aromatic amines is 1. The highest BCUT2D eigenvalue weighted by Gasteiger charge is 2.62. The van der Waals surface area contributed by atoms with Crippen molar-refractivity contribution < 1.29 is 22.4 Å². The predicted molar refractivity (Wildman–Crippen MR) is 140 cm³/mol. The molecule has 10 heteroatoms. The second kappa shape index (κ2) is 9.61. The van der Waals surface area contributed by atoms with Gasteiger partial charge in [-0.05, 0) is 63.4 Å². The zero-order valence-corrected chi connectivity index (χ0v) is 22.8. The zero-order valence-electron chi connectivity index (χ0n) is 22.8. The third-order valence-electron chi connectivity index (χ3n) is 9.01. The van der Waals surface area contributed by atoms with Gasteiger partial charge < -0.3 is 0 Å². The fraction of sp³-hybridized carbons (Fsp3) is 0.714. The summed E-state index contributed by atoms with van der Waals surface area (Å²) in [4.78, 5) is 23.6. The molecule has 1 spiro atoms. The van der Waals surface area contributed by atoms with Crippen molar-refractivity contribution >= 4 is 12.2 Å². The van der Waals surface area contributed by atoms with E-state index in [1.807, 2.05) is 11.9 Å². The van der Waals surface area contributed by atoms with Crippen LogP contribution in [0, 0.1) is 16.7 Å². The molecule has 3 heterocycles. The SMILES string of the molecule is C=C(C=N/C(=C\C)C(F)(F)F)C[C@@H]1CCC2(C1)C[N+](C)(C(=O)N1CC(C)(CCc3nc(C4CC4)n[nH]3)C1)C2. The molecule has 2 saturated heterocycles. The minimum Gasteiger partial charge on any atom is -0.291 e. The first-order valence-electron chi connectivity index (χ1n) is 13.8. The maximum atomic E-state index is 13.4. The van der Waals surface area contributed by atoms with Crippen LogP contribution in [0.2, 0.25) is 0 Å². The number of rotatable bonds is 8. The molecule has 38 heavy (non-hydrogen) atoms. The van der Waals surface area contributed by atoms with Crippen LogP contribution < -0.4 is 0 Å². The Morgan fingerprint density at radius 1 is 1.29 bits per heavy atom. The van der Waals surface area contributed by atoms with Crippen LogP contribution >= 0.6 is 0 Å². The van der Waals surface area contributed by atoms with Gasteiger partial charge in [0.05, 0.1) is 25.6 Å². The Kier molecular flexibility index (Phi) is 6.85. The number of carbonyl (C=O) groups excluding carboxylic acids is 1. The van der Waals surface area contributed by atoms with E-state index in [1.54, 1.807) is 0 Å². The molecule has 2 saturated carbocycles. The molecular weight excluding hydrogens is 493 g/mol. The Labute approximate surface area is 222 Å². The summed E-state index contributed by atoms with van der Waals surface area (Å²) in [5.41, 5.74) is 0.00255. The number of alkyl halides is 3. The lowest BCUT2D eigenvalue weighted by Gasteiger charge is -2.56. The Morgan fingerprint density at radius 2 is 2.00 bits per heavy atom. The molecule has 208 valence electrons. The lowest BCUT2D eigenvalue weighted by molar-refractivity contribution is -0.898. The van der Waals surface area contributed by atoms with Crippen LogP contribution in [0.4, 0.5) is 18.0 Å². The third kappa shape index (κ3) is 5.60. The van der Waals surface area contributed by atoms with E-state index < -0.39 is 11.9 Å². The van der Waals surface area contributed by atoms with Crippen molar-refractivity contribution in [2.75, 3.05) is 33.2 Å². The van der Waals surface area contributed by atoms with Gasteiger partial charge in [-0.3, -0.25) is 15.0 Å². The van der Waals surface area contributed by atoms with Gasteiger partial charge in [0.25, 0.3) is 0 Å². The third-order valence-corrected chi connectivity index (χ3v) is 9.01. The number of H-pyrrole nitrogens is 1. The molecule has 0 bridgehead atoms. The first kappa shape index (κ1) is 27.1. The highest BCUT2D eigenvalue weighted by molar-refractivity contribution is 5.78. The number of hydrogen-bond acceptors (Lipinski definition) is 4. The molecular formula is C28H40F3N6O+. The van der Waals surface area contributed by atoms with Gasteiger partial charge in [-0.15, -0.1) is 0 Å². The number of aliphatic imine (C=N–C) groups is 1. The standard InChI is InChI=1S/C28H40F3N6O/c1-5-22(28(29,30)31)32-14-19(2)12-20-8-11-27(13-20)17-37(4,18-27)25(38)36-15-26(3,16-36)10-9-23-33-24(35-34-23)21-6-7-21/h5,14,20-21H,2,6-13,15-18H2,1,3-4H3,(H,33,34,35)/q+1/b22-5-,32-14?/t20-,27?,37?/m0/s1. The first-order chi connectivity index (χ1) is 17.8. The molecule has 4 fully saturated rings. The molecule has 1 aromatic heterocycles. The molecule has 5 rings (SSSR count). The van der Waals surface area contributed by atoms with Gasteiger partial charge >= 0.3 is 12.2 Å². The van der Waals surface area contributed by atoms with E-state index in [2.05, 4.69) is 33.7 Å². The number of aromatic nitrogens is 3. The number of halogens is 3. The van der Waals surface area contributed by atoms with Crippen molar-refractivity contribution in [1.29, 1.82) is 0 Å². The van der Waals surface area contributed by atoms with Crippen molar-refractivity contribution in [3.63, 3.8) is 0 Å². The minimum atomic E-state index is -4.45. The number of nitrogens with one attached hydrogen (secondary N) is 1. The van der Waals surface area contributed by atoms with Gasteiger partial charge in [0, 0.05) is 37.1 Å². The van der Waals surface area contributed by atoms with Crippen LogP contribution in [-0.2, 0) is 6.42 Å². The number of nitrogens with zero attached hydrogens (tertiary/aromatic N) is 5. The van der Waals surface area contributed by atoms with Crippen LogP contribution in [0.5, 0.6) is 0 Å². The van der Waals surface area contributed by atoms with Gasteiger partial charge in [-0.1, -0.05) is 19.6 Å². The van der Waals surface area contributed by atoms with Gasteiger partial charge in [0.1, 0.15) is 11.5 Å². The van der Waals surface area contributed by atoms with E-state index in [0.29, 0.717) is 28.3 Å². The smallest absolute Gasteiger partial charge is 0.291 e. The number of quaternary nitrogens is 1. The summed E-state index contributed by atoms with van der Waals surface area (Å²) < 4.78 is 39.1. The monoisotopic (exact) mass is 533 g/mol.